The molecule has 2 rings (SSSR count). The molecular weight excluding hydrogens is 249 g/mol. The molecule has 1 aromatic rings. The summed E-state index contributed by atoms with van der Waals surface area (Å²) >= 11 is 0. The number of halogens is 3. The van der Waals surface area contributed by atoms with Crippen LogP contribution in [-0.2, 0) is 11.0 Å². The Morgan fingerprint density at radius 1 is 1.61 bits per heavy atom. The monoisotopic (exact) mass is 262 g/mol. The molecule has 0 aliphatic heterocycles. The first-order valence-electron chi connectivity index (χ1n) is 5.74. The van der Waals surface area contributed by atoms with Crippen LogP contribution < -0.4 is 0 Å². The highest BCUT2D eigenvalue weighted by Crippen LogP contribution is 2.43. The predicted molar refractivity (Wildman–Crippen MR) is 56.2 cm³/mol. The van der Waals surface area contributed by atoms with Crippen LogP contribution in [0.25, 0.3) is 0 Å². The molecule has 1 aliphatic carbocycles. The summed E-state index contributed by atoms with van der Waals surface area (Å²) in [4.78, 5) is 11.0. The number of alkyl halides is 3. The molecule has 18 heavy (non-hydrogen) atoms. The number of carboxylic acid groups (broad SMARTS) is 1. The fraction of sp³-hybridized carbons (Fsp3) is 0.636. The molecule has 1 fully saturated rings. The number of nitrogens with zero attached hydrogens (tertiary/aromatic N) is 2. The molecule has 1 saturated carbocycles. The van der Waals surface area contributed by atoms with Crippen molar-refractivity contribution in [2.45, 2.75) is 44.3 Å². The molecule has 0 aromatic carbocycles. The van der Waals surface area contributed by atoms with E-state index in [-0.39, 0.29) is 12.3 Å². The van der Waals surface area contributed by atoms with Crippen LogP contribution in [0, 0.1) is 0 Å². The van der Waals surface area contributed by atoms with Crippen molar-refractivity contribution >= 4 is 5.97 Å². The lowest BCUT2D eigenvalue weighted by atomic mass is 10.2. The third-order valence-corrected chi connectivity index (χ3v) is 3.02. The quantitative estimate of drug-likeness (QED) is 0.907. The van der Waals surface area contributed by atoms with Gasteiger partial charge in [0.05, 0.1) is 0 Å². The Morgan fingerprint density at radius 3 is 2.61 bits per heavy atom. The van der Waals surface area contributed by atoms with Crippen LogP contribution in [0.3, 0.4) is 0 Å². The average molecular weight is 262 g/mol. The lowest BCUT2D eigenvalue weighted by Gasteiger charge is -2.13. The predicted octanol–water partition coefficient (Wildman–Crippen LogP) is 2.82. The Hall–Kier alpha value is -1.53. The van der Waals surface area contributed by atoms with Crippen molar-refractivity contribution in [3.63, 3.8) is 0 Å². The zero-order valence-electron chi connectivity index (χ0n) is 9.74. The second-order valence-corrected chi connectivity index (χ2v) is 4.43. The van der Waals surface area contributed by atoms with Crippen molar-refractivity contribution in [2.75, 3.05) is 0 Å². The molecule has 0 bridgehead atoms. The van der Waals surface area contributed by atoms with Crippen LogP contribution in [0.15, 0.2) is 6.07 Å². The van der Waals surface area contributed by atoms with Crippen LogP contribution in [0.1, 0.15) is 49.5 Å². The summed E-state index contributed by atoms with van der Waals surface area (Å²) in [6.07, 6.45) is -2.75. The van der Waals surface area contributed by atoms with Gasteiger partial charge in [0.1, 0.15) is 6.04 Å². The van der Waals surface area contributed by atoms with Crippen LogP contribution in [0.2, 0.25) is 0 Å². The maximum absolute atomic E-state index is 12.6. The maximum Gasteiger partial charge on any atom is 0.435 e. The van der Waals surface area contributed by atoms with Gasteiger partial charge < -0.3 is 5.11 Å². The summed E-state index contributed by atoms with van der Waals surface area (Å²) in [5, 5.41) is 12.5. The minimum Gasteiger partial charge on any atom is -0.480 e. The largest absolute Gasteiger partial charge is 0.480 e. The fourth-order valence-corrected chi connectivity index (χ4v) is 1.93. The van der Waals surface area contributed by atoms with Gasteiger partial charge in [-0.25, -0.2) is 4.79 Å². The lowest BCUT2D eigenvalue weighted by molar-refractivity contribution is -0.144. The van der Waals surface area contributed by atoms with Gasteiger partial charge in [0.15, 0.2) is 5.69 Å². The first-order chi connectivity index (χ1) is 8.34. The fourth-order valence-electron chi connectivity index (χ4n) is 1.93. The second-order valence-electron chi connectivity index (χ2n) is 4.43. The summed E-state index contributed by atoms with van der Waals surface area (Å²) < 4.78 is 38.9. The number of rotatable bonds is 4. The van der Waals surface area contributed by atoms with Crippen LogP contribution >= 0.6 is 0 Å². The van der Waals surface area contributed by atoms with Crippen LogP contribution in [-0.4, -0.2) is 20.9 Å². The molecule has 1 N–H and O–H groups in total. The van der Waals surface area contributed by atoms with Crippen molar-refractivity contribution in [2.24, 2.45) is 0 Å². The van der Waals surface area contributed by atoms with E-state index < -0.39 is 23.9 Å². The molecular formula is C11H13F3N2O2. The first kappa shape index (κ1) is 12.9. The summed E-state index contributed by atoms with van der Waals surface area (Å²) in [5.41, 5.74) is -0.624. The Labute approximate surface area is 101 Å². The molecule has 0 radical (unpaired) electrons. The van der Waals surface area contributed by atoms with Crippen LogP contribution in [0.4, 0.5) is 13.2 Å². The summed E-state index contributed by atoms with van der Waals surface area (Å²) in [6, 6.07) is -0.0554. The van der Waals surface area contributed by atoms with E-state index in [9.17, 15) is 18.0 Å². The molecule has 1 atom stereocenters. The third-order valence-electron chi connectivity index (χ3n) is 3.02. The highest BCUT2D eigenvalue weighted by Gasteiger charge is 2.39. The van der Waals surface area contributed by atoms with Gasteiger partial charge in [-0.05, 0) is 25.3 Å². The van der Waals surface area contributed by atoms with Gasteiger partial charge in [0, 0.05) is 11.6 Å². The number of carbonyl (C=O) groups is 1. The van der Waals surface area contributed by atoms with E-state index in [0.29, 0.717) is 5.69 Å². The SMILES string of the molecule is CCC(C(=O)O)n1nc(C(F)(F)F)cc1C1CC1. The number of hydrogen-bond acceptors (Lipinski definition) is 2. The molecule has 1 unspecified atom stereocenters. The minimum absolute atomic E-state index is 0.0157. The van der Waals surface area contributed by atoms with Gasteiger partial charge in [-0.1, -0.05) is 6.92 Å². The number of hydrogen-bond donors (Lipinski definition) is 1. The van der Waals surface area contributed by atoms with E-state index in [1.54, 1.807) is 6.92 Å². The summed E-state index contributed by atoms with van der Waals surface area (Å²) in [6.45, 7) is 1.62. The van der Waals surface area contributed by atoms with Gasteiger partial charge in [0.25, 0.3) is 0 Å². The highest BCUT2D eigenvalue weighted by molar-refractivity contribution is 5.71. The maximum atomic E-state index is 12.6. The summed E-state index contributed by atoms with van der Waals surface area (Å²) in [5.74, 6) is -1.14. The molecule has 1 aliphatic rings. The van der Waals surface area contributed by atoms with Crippen LogP contribution in [0.5, 0.6) is 0 Å². The van der Waals surface area contributed by atoms with Gasteiger partial charge in [-0.3, -0.25) is 4.68 Å². The van der Waals surface area contributed by atoms with E-state index in [0.717, 1.165) is 23.6 Å². The van der Waals surface area contributed by atoms with E-state index in [2.05, 4.69) is 5.10 Å². The van der Waals surface area contributed by atoms with Gasteiger partial charge in [0.2, 0.25) is 0 Å². The van der Waals surface area contributed by atoms with Gasteiger partial charge in [-0.2, -0.15) is 18.3 Å². The third kappa shape index (κ3) is 2.34. The molecule has 7 heteroatoms. The van der Waals surface area contributed by atoms with E-state index in [1.807, 2.05) is 0 Å². The van der Waals surface area contributed by atoms with E-state index >= 15 is 0 Å². The molecule has 4 nitrogen and oxygen atoms in total. The van der Waals surface area contributed by atoms with Crippen molar-refractivity contribution in [3.05, 3.63) is 17.5 Å². The van der Waals surface area contributed by atoms with Crippen molar-refractivity contribution in [1.82, 2.24) is 9.78 Å². The standard InChI is InChI=1S/C11H13F3N2O2/c1-2-7(10(17)18)16-8(6-3-4-6)5-9(15-16)11(12,13)14/h5-7H,2-4H2,1H3,(H,17,18). The van der Waals surface area contributed by atoms with E-state index in [1.165, 1.54) is 0 Å². The minimum atomic E-state index is -4.54. The molecule has 0 spiro atoms. The summed E-state index contributed by atoms with van der Waals surface area (Å²) in [7, 11) is 0. The highest BCUT2D eigenvalue weighted by atomic mass is 19.4. The normalized spacial score (nSPS) is 17.8. The van der Waals surface area contributed by atoms with Crippen molar-refractivity contribution in [3.8, 4) is 0 Å². The first-order valence-corrected chi connectivity index (χ1v) is 5.74. The van der Waals surface area contributed by atoms with Gasteiger partial charge in [-0.15, -0.1) is 0 Å². The molecule has 1 aromatic heterocycles. The Balaban J connectivity index is 2.44. The number of aromatic nitrogens is 2. The molecule has 100 valence electrons. The van der Waals surface area contributed by atoms with Gasteiger partial charge >= 0.3 is 12.1 Å². The topological polar surface area (TPSA) is 55.1 Å². The molecule has 0 saturated heterocycles. The van der Waals surface area contributed by atoms with Crippen molar-refractivity contribution in [1.29, 1.82) is 0 Å². The number of carboxylic acids is 1. The zero-order chi connectivity index (χ0) is 13.5. The lowest BCUT2D eigenvalue weighted by Crippen LogP contribution is -2.21. The average Bonchev–Trinajstić information content (AvgIpc) is 2.98. The zero-order valence-corrected chi connectivity index (χ0v) is 9.74. The molecule has 1 heterocycles. The Kier molecular flexibility index (Phi) is 3.08. The Morgan fingerprint density at radius 2 is 2.22 bits per heavy atom. The Bertz CT molecular complexity index is 463. The smallest absolute Gasteiger partial charge is 0.435 e. The van der Waals surface area contributed by atoms with Crippen molar-refractivity contribution < 1.29 is 23.1 Å². The second kappa shape index (κ2) is 4.29. The van der Waals surface area contributed by atoms with E-state index in [4.69, 9.17) is 5.11 Å². The number of aliphatic carboxylic acids is 1. The molecule has 0 amide bonds.